The minimum atomic E-state index is -2.55. The molecule has 0 radical (unpaired) electrons. The van der Waals surface area contributed by atoms with E-state index < -0.39 is 5.92 Å². The second kappa shape index (κ2) is 4.69. The minimum absolute atomic E-state index is 0.00997. The molecule has 2 aliphatic carbocycles. The number of carbonyl (C=O) groups excluding carboxylic acids is 1. The van der Waals surface area contributed by atoms with Crippen molar-refractivity contribution >= 4 is 5.78 Å². The van der Waals surface area contributed by atoms with Crippen molar-refractivity contribution in [2.75, 3.05) is 0 Å². The quantitative estimate of drug-likeness (QED) is 0.803. The van der Waals surface area contributed by atoms with Gasteiger partial charge < -0.3 is 0 Å². The summed E-state index contributed by atoms with van der Waals surface area (Å²) in [4.78, 5) is 12.2. The summed E-state index contributed by atoms with van der Waals surface area (Å²) in [5.41, 5.74) is 2.34. The highest BCUT2D eigenvalue weighted by molar-refractivity contribution is 5.88. The van der Waals surface area contributed by atoms with Gasteiger partial charge in [0.05, 0.1) is 0 Å². The molecule has 2 aliphatic rings. The second-order valence-corrected chi connectivity index (χ2v) is 5.94. The zero-order valence-electron chi connectivity index (χ0n) is 10.9. The summed E-state index contributed by atoms with van der Waals surface area (Å²) in [5, 5.41) is 0. The number of hydrogen-bond acceptors (Lipinski definition) is 1. The van der Waals surface area contributed by atoms with Crippen LogP contribution in [0.4, 0.5) is 8.78 Å². The molecule has 0 aliphatic heterocycles. The molecular weight excluding hydrogens is 246 g/mol. The van der Waals surface area contributed by atoms with Crippen LogP contribution in [-0.2, 0) is 11.2 Å². The lowest BCUT2D eigenvalue weighted by molar-refractivity contribution is -0.123. The fraction of sp³-hybridized carbons (Fsp3) is 0.562. The second-order valence-electron chi connectivity index (χ2n) is 5.94. The average Bonchev–Trinajstić information content (AvgIpc) is 2.29. The molecule has 2 unspecified atom stereocenters. The Hall–Kier alpha value is -1.25. The summed E-state index contributed by atoms with van der Waals surface area (Å²) >= 11 is 0. The molecule has 19 heavy (non-hydrogen) atoms. The van der Waals surface area contributed by atoms with E-state index in [9.17, 15) is 13.6 Å². The van der Waals surface area contributed by atoms with Crippen molar-refractivity contribution in [2.45, 2.75) is 50.4 Å². The SMILES string of the molecule is O=C(CC1CCCC(F)(F)C1)C1Cc2ccccc21. The fourth-order valence-corrected chi connectivity index (χ4v) is 3.42. The summed E-state index contributed by atoms with van der Waals surface area (Å²) < 4.78 is 26.7. The number of alkyl halides is 2. The molecule has 3 rings (SSSR count). The van der Waals surface area contributed by atoms with Crippen LogP contribution in [0.2, 0.25) is 0 Å². The van der Waals surface area contributed by atoms with E-state index >= 15 is 0 Å². The van der Waals surface area contributed by atoms with Gasteiger partial charge in [0.2, 0.25) is 5.92 Å². The number of benzene rings is 1. The molecule has 1 nitrogen and oxygen atoms in total. The largest absolute Gasteiger partial charge is 0.299 e. The van der Waals surface area contributed by atoms with Crippen LogP contribution in [0.15, 0.2) is 24.3 Å². The lowest BCUT2D eigenvalue weighted by atomic mass is 9.72. The van der Waals surface area contributed by atoms with E-state index in [2.05, 4.69) is 0 Å². The monoisotopic (exact) mass is 264 g/mol. The summed E-state index contributed by atoms with van der Waals surface area (Å²) in [6, 6.07) is 7.93. The Bertz CT molecular complexity index is 495. The van der Waals surface area contributed by atoms with Crippen LogP contribution in [0.1, 0.15) is 49.1 Å². The Balaban J connectivity index is 1.61. The number of halogens is 2. The number of Topliss-reactive ketones (excluding diaryl/α,β-unsaturated/α-hetero) is 1. The van der Waals surface area contributed by atoms with E-state index in [1.807, 2.05) is 24.3 Å². The lowest BCUT2D eigenvalue weighted by Gasteiger charge is -2.32. The number of hydrogen-bond donors (Lipinski definition) is 0. The first kappa shape index (κ1) is 12.8. The van der Waals surface area contributed by atoms with Crippen molar-refractivity contribution in [3.63, 3.8) is 0 Å². The molecule has 0 heterocycles. The van der Waals surface area contributed by atoms with Crippen LogP contribution in [0, 0.1) is 5.92 Å². The van der Waals surface area contributed by atoms with Crippen LogP contribution in [0.3, 0.4) is 0 Å². The van der Waals surface area contributed by atoms with E-state index in [1.165, 1.54) is 5.56 Å². The molecule has 0 bridgehead atoms. The smallest absolute Gasteiger partial charge is 0.248 e. The van der Waals surface area contributed by atoms with Gasteiger partial charge in [-0.3, -0.25) is 4.79 Å². The molecule has 3 heteroatoms. The minimum Gasteiger partial charge on any atom is -0.299 e. The maximum Gasteiger partial charge on any atom is 0.248 e. The van der Waals surface area contributed by atoms with Crippen LogP contribution < -0.4 is 0 Å². The normalized spacial score (nSPS) is 28.3. The third-order valence-corrected chi connectivity index (χ3v) is 4.48. The average molecular weight is 264 g/mol. The summed E-state index contributed by atoms with van der Waals surface area (Å²) in [7, 11) is 0. The molecule has 0 aromatic heterocycles. The van der Waals surface area contributed by atoms with Crippen molar-refractivity contribution in [1.29, 1.82) is 0 Å². The van der Waals surface area contributed by atoms with Gasteiger partial charge >= 0.3 is 0 Å². The Morgan fingerprint density at radius 2 is 2.11 bits per heavy atom. The molecule has 1 aromatic carbocycles. The Labute approximate surface area is 112 Å². The highest BCUT2D eigenvalue weighted by atomic mass is 19.3. The van der Waals surface area contributed by atoms with Gasteiger partial charge in [0.25, 0.3) is 0 Å². The van der Waals surface area contributed by atoms with Crippen molar-refractivity contribution in [3.8, 4) is 0 Å². The summed E-state index contributed by atoms with van der Waals surface area (Å²) in [6.45, 7) is 0. The molecule has 0 N–H and O–H groups in total. The first-order chi connectivity index (χ1) is 9.05. The zero-order chi connectivity index (χ0) is 13.5. The fourth-order valence-electron chi connectivity index (χ4n) is 3.42. The number of fused-ring (bicyclic) bond motifs is 1. The molecule has 2 atom stereocenters. The van der Waals surface area contributed by atoms with Gasteiger partial charge in [-0.25, -0.2) is 8.78 Å². The van der Waals surface area contributed by atoms with E-state index in [0.29, 0.717) is 12.8 Å². The maximum atomic E-state index is 13.3. The van der Waals surface area contributed by atoms with Crippen molar-refractivity contribution in [2.24, 2.45) is 5.92 Å². The third kappa shape index (κ3) is 2.56. The Morgan fingerprint density at radius 3 is 2.84 bits per heavy atom. The molecule has 0 amide bonds. The Kier molecular flexibility index (Phi) is 3.15. The van der Waals surface area contributed by atoms with Crippen molar-refractivity contribution in [1.82, 2.24) is 0 Å². The van der Waals surface area contributed by atoms with Crippen molar-refractivity contribution < 1.29 is 13.6 Å². The zero-order valence-corrected chi connectivity index (χ0v) is 10.9. The van der Waals surface area contributed by atoms with E-state index in [-0.39, 0.29) is 30.5 Å². The topological polar surface area (TPSA) is 17.1 Å². The molecule has 1 fully saturated rings. The standard InChI is InChI=1S/C16H18F2O/c17-16(18)7-3-4-11(10-16)8-15(19)14-9-12-5-1-2-6-13(12)14/h1-2,5-6,11,14H,3-4,7-10H2. The molecular formula is C16H18F2O. The van der Waals surface area contributed by atoms with Gasteiger partial charge in [-0.05, 0) is 36.3 Å². The van der Waals surface area contributed by atoms with Gasteiger partial charge in [0.15, 0.2) is 0 Å². The first-order valence-electron chi connectivity index (χ1n) is 7.03. The number of ketones is 1. The van der Waals surface area contributed by atoms with Gasteiger partial charge in [-0.2, -0.15) is 0 Å². The highest BCUT2D eigenvalue weighted by Crippen LogP contribution is 2.41. The number of rotatable bonds is 3. The van der Waals surface area contributed by atoms with E-state index in [1.54, 1.807) is 0 Å². The summed E-state index contributed by atoms with van der Waals surface area (Å²) in [5.74, 6) is -2.56. The van der Waals surface area contributed by atoms with Crippen LogP contribution in [-0.4, -0.2) is 11.7 Å². The van der Waals surface area contributed by atoms with E-state index in [0.717, 1.165) is 18.4 Å². The predicted octanol–water partition coefficient (Wildman–Crippen LogP) is 4.11. The predicted molar refractivity (Wildman–Crippen MR) is 69.4 cm³/mol. The van der Waals surface area contributed by atoms with Gasteiger partial charge in [0, 0.05) is 25.2 Å². The van der Waals surface area contributed by atoms with Crippen molar-refractivity contribution in [3.05, 3.63) is 35.4 Å². The molecule has 1 aromatic rings. The first-order valence-corrected chi connectivity index (χ1v) is 7.03. The van der Waals surface area contributed by atoms with Crippen LogP contribution in [0.5, 0.6) is 0 Å². The van der Waals surface area contributed by atoms with Crippen LogP contribution in [0.25, 0.3) is 0 Å². The van der Waals surface area contributed by atoms with Gasteiger partial charge in [-0.1, -0.05) is 24.3 Å². The Morgan fingerprint density at radius 1 is 1.32 bits per heavy atom. The molecule has 1 saturated carbocycles. The van der Waals surface area contributed by atoms with Gasteiger partial charge in [0.1, 0.15) is 5.78 Å². The lowest BCUT2D eigenvalue weighted by Crippen LogP contribution is -2.31. The molecule has 0 spiro atoms. The van der Waals surface area contributed by atoms with E-state index in [4.69, 9.17) is 0 Å². The molecule has 0 saturated heterocycles. The van der Waals surface area contributed by atoms with Crippen LogP contribution >= 0.6 is 0 Å². The highest BCUT2D eigenvalue weighted by Gasteiger charge is 2.39. The third-order valence-electron chi connectivity index (χ3n) is 4.48. The molecule has 102 valence electrons. The van der Waals surface area contributed by atoms with Gasteiger partial charge in [-0.15, -0.1) is 0 Å². The number of carbonyl (C=O) groups is 1. The maximum absolute atomic E-state index is 13.3. The summed E-state index contributed by atoms with van der Waals surface area (Å²) in [6.07, 6.45) is 2.33.